The van der Waals surface area contributed by atoms with Crippen molar-refractivity contribution in [2.75, 3.05) is 6.61 Å². The summed E-state index contributed by atoms with van der Waals surface area (Å²) < 4.78 is 0. The van der Waals surface area contributed by atoms with Crippen LogP contribution in [0.15, 0.2) is 24.3 Å². The molecule has 0 radical (unpaired) electrons. The van der Waals surface area contributed by atoms with Crippen LogP contribution in [0, 0.1) is 0 Å². The molecular formula is C61H119NO5. The van der Waals surface area contributed by atoms with Crippen molar-refractivity contribution in [3.63, 3.8) is 0 Å². The fraction of sp³-hybridized carbons (Fsp3) is 0.918. The van der Waals surface area contributed by atoms with Crippen LogP contribution in [-0.4, -0.2) is 57.3 Å². The van der Waals surface area contributed by atoms with E-state index in [1.165, 1.54) is 257 Å². The second-order valence-corrected chi connectivity index (χ2v) is 21.0. The third-order valence-corrected chi connectivity index (χ3v) is 14.4. The molecular weight excluding hydrogens is 827 g/mol. The number of allylic oxidation sites excluding steroid dienone is 4. The van der Waals surface area contributed by atoms with Gasteiger partial charge in [0.1, 0.15) is 12.2 Å². The first kappa shape index (κ1) is 65.8. The van der Waals surface area contributed by atoms with Crippen LogP contribution in [0.3, 0.4) is 0 Å². The molecule has 67 heavy (non-hydrogen) atoms. The Labute approximate surface area is 418 Å². The van der Waals surface area contributed by atoms with Gasteiger partial charge in [-0.05, 0) is 51.4 Å². The van der Waals surface area contributed by atoms with E-state index in [0.29, 0.717) is 19.3 Å². The van der Waals surface area contributed by atoms with E-state index in [1.54, 1.807) is 0 Å². The predicted molar refractivity (Wildman–Crippen MR) is 293 cm³/mol. The van der Waals surface area contributed by atoms with E-state index in [0.717, 1.165) is 38.5 Å². The molecule has 0 aromatic carbocycles. The highest BCUT2D eigenvalue weighted by Gasteiger charge is 2.28. The van der Waals surface area contributed by atoms with Crippen molar-refractivity contribution in [2.24, 2.45) is 0 Å². The molecule has 0 aliphatic rings. The van der Waals surface area contributed by atoms with Crippen molar-refractivity contribution in [3.05, 3.63) is 24.3 Å². The fourth-order valence-corrected chi connectivity index (χ4v) is 9.66. The predicted octanol–water partition coefficient (Wildman–Crippen LogP) is 17.8. The summed E-state index contributed by atoms with van der Waals surface area (Å²) in [5, 5.41) is 44.0. The molecule has 0 fully saturated rings. The Morgan fingerprint density at radius 3 is 0.940 bits per heavy atom. The molecule has 0 saturated carbocycles. The van der Waals surface area contributed by atoms with Crippen molar-refractivity contribution < 1.29 is 25.2 Å². The van der Waals surface area contributed by atoms with E-state index in [9.17, 15) is 25.2 Å². The molecule has 4 atom stereocenters. The number of nitrogens with one attached hydrogen (secondary N) is 1. The molecule has 398 valence electrons. The van der Waals surface area contributed by atoms with E-state index < -0.39 is 36.9 Å². The van der Waals surface area contributed by atoms with E-state index in [-0.39, 0.29) is 0 Å². The van der Waals surface area contributed by atoms with Crippen molar-refractivity contribution in [1.29, 1.82) is 0 Å². The lowest BCUT2D eigenvalue weighted by Gasteiger charge is -2.27. The third-order valence-electron chi connectivity index (χ3n) is 14.4. The van der Waals surface area contributed by atoms with Gasteiger partial charge in [0.25, 0.3) is 0 Å². The van der Waals surface area contributed by atoms with Crippen LogP contribution < -0.4 is 5.32 Å². The molecule has 0 aromatic heterocycles. The van der Waals surface area contributed by atoms with Gasteiger partial charge in [-0.2, -0.15) is 0 Å². The van der Waals surface area contributed by atoms with Gasteiger partial charge in [-0.25, -0.2) is 0 Å². The summed E-state index contributed by atoms with van der Waals surface area (Å²) >= 11 is 0. The molecule has 0 spiro atoms. The molecule has 6 heteroatoms. The van der Waals surface area contributed by atoms with Crippen LogP contribution in [0.2, 0.25) is 0 Å². The minimum absolute atomic E-state index is 0.365. The number of carbonyl (C=O) groups is 1. The molecule has 1 amide bonds. The molecule has 0 aliphatic carbocycles. The summed E-state index contributed by atoms with van der Waals surface area (Å²) in [4.78, 5) is 12.6. The van der Waals surface area contributed by atoms with Gasteiger partial charge in [0.2, 0.25) is 5.91 Å². The Hall–Kier alpha value is -1.21. The maximum Gasteiger partial charge on any atom is 0.249 e. The Balaban J connectivity index is 3.59. The average Bonchev–Trinajstić information content (AvgIpc) is 3.33. The fourth-order valence-electron chi connectivity index (χ4n) is 9.66. The maximum atomic E-state index is 12.6. The Kier molecular flexibility index (Phi) is 54.7. The van der Waals surface area contributed by atoms with E-state index in [4.69, 9.17) is 0 Å². The summed E-state index contributed by atoms with van der Waals surface area (Å²) in [5.74, 6) is -0.591. The highest BCUT2D eigenvalue weighted by atomic mass is 16.3. The normalized spacial score (nSPS) is 13.8. The third kappa shape index (κ3) is 49.6. The monoisotopic (exact) mass is 946 g/mol. The van der Waals surface area contributed by atoms with E-state index >= 15 is 0 Å². The first-order valence-electron chi connectivity index (χ1n) is 30.2. The molecule has 0 heterocycles. The van der Waals surface area contributed by atoms with Gasteiger partial charge < -0.3 is 25.7 Å². The number of aliphatic hydroxyl groups is 4. The SMILES string of the molecule is CCCCCCCCCCCCC/C=C/CC/C=C/CCCC(O)C(O)C(CO)NC(=O)C(O)CCCCCCCCCCCCCCCCCCCCCCCCCCCCCCCCC. The zero-order valence-corrected chi connectivity index (χ0v) is 45.2. The van der Waals surface area contributed by atoms with Crippen molar-refractivity contribution >= 4 is 5.91 Å². The summed E-state index contributed by atoms with van der Waals surface area (Å²) in [6, 6.07) is -1.01. The van der Waals surface area contributed by atoms with Gasteiger partial charge in [0, 0.05) is 0 Å². The standard InChI is InChI=1S/C61H119NO5/c1-3-5-7-9-11-13-15-17-19-21-23-25-26-27-28-29-30-31-32-33-34-35-37-39-41-43-45-47-49-51-53-55-59(65)61(67)62-57(56-63)60(66)58(64)54-52-50-48-46-44-42-40-38-36-24-22-20-18-16-14-12-10-8-6-4-2/h38,40,46,48,57-60,63-66H,3-37,39,41-45,47,49-56H2,1-2H3,(H,62,67)/b40-38+,48-46+. The lowest BCUT2D eigenvalue weighted by molar-refractivity contribution is -0.132. The van der Waals surface area contributed by atoms with Crippen LogP contribution >= 0.6 is 0 Å². The van der Waals surface area contributed by atoms with Crippen LogP contribution in [0.4, 0.5) is 0 Å². The van der Waals surface area contributed by atoms with Crippen LogP contribution in [0.1, 0.15) is 328 Å². The number of aliphatic hydroxyl groups excluding tert-OH is 4. The van der Waals surface area contributed by atoms with E-state index in [2.05, 4.69) is 43.5 Å². The van der Waals surface area contributed by atoms with Crippen LogP contribution in [-0.2, 0) is 4.79 Å². The zero-order chi connectivity index (χ0) is 48.8. The van der Waals surface area contributed by atoms with Gasteiger partial charge in [-0.1, -0.05) is 301 Å². The lowest BCUT2D eigenvalue weighted by atomic mass is 10.00. The maximum absolute atomic E-state index is 12.6. The van der Waals surface area contributed by atoms with Gasteiger partial charge in [0.15, 0.2) is 0 Å². The Bertz CT molecular complexity index is 1020. The lowest BCUT2D eigenvalue weighted by Crippen LogP contribution is -2.53. The summed E-state index contributed by atoms with van der Waals surface area (Å²) in [7, 11) is 0. The van der Waals surface area contributed by atoms with E-state index in [1.807, 2.05) is 0 Å². The van der Waals surface area contributed by atoms with Crippen LogP contribution in [0.5, 0.6) is 0 Å². The summed E-state index contributed by atoms with van der Waals surface area (Å²) in [6.45, 7) is 4.08. The van der Waals surface area contributed by atoms with Gasteiger partial charge in [-0.15, -0.1) is 0 Å². The second kappa shape index (κ2) is 55.7. The number of carbonyl (C=O) groups excluding carboxylic acids is 1. The van der Waals surface area contributed by atoms with Gasteiger partial charge >= 0.3 is 0 Å². The van der Waals surface area contributed by atoms with Gasteiger partial charge in [-0.3, -0.25) is 4.79 Å². The molecule has 0 aromatic rings. The molecule has 0 saturated heterocycles. The highest BCUT2D eigenvalue weighted by Crippen LogP contribution is 2.18. The van der Waals surface area contributed by atoms with Crippen molar-refractivity contribution in [3.8, 4) is 0 Å². The highest BCUT2D eigenvalue weighted by molar-refractivity contribution is 5.80. The summed E-state index contributed by atoms with van der Waals surface area (Å²) in [6.07, 6.45) is 68.4. The largest absolute Gasteiger partial charge is 0.394 e. The average molecular weight is 947 g/mol. The Morgan fingerprint density at radius 1 is 0.358 bits per heavy atom. The van der Waals surface area contributed by atoms with Crippen LogP contribution in [0.25, 0.3) is 0 Å². The minimum Gasteiger partial charge on any atom is -0.394 e. The number of unbranched alkanes of at least 4 members (excludes halogenated alkanes) is 43. The zero-order valence-electron chi connectivity index (χ0n) is 45.2. The number of amides is 1. The quantitative estimate of drug-likeness (QED) is 0.0308. The molecule has 6 nitrogen and oxygen atoms in total. The minimum atomic E-state index is -1.29. The first-order valence-corrected chi connectivity index (χ1v) is 30.2. The van der Waals surface area contributed by atoms with Crippen molar-refractivity contribution in [1.82, 2.24) is 5.32 Å². The summed E-state index contributed by atoms with van der Waals surface area (Å²) in [5.41, 5.74) is 0. The number of hydrogen-bond acceptors (Lipinski definition) is 5. The molecule has 0 bridgehead atoms. The topological polar surface area (TPSA) is 110 Å². The molecule has 0 aliphatic heterocycles. The Morgan fingerprint density at radius 2 is 0.627 bits per heavy atom. The van der Waals surface area contributed by atoms with Gasteiger partial charge in [0.05, 0.1) is 18.8 Å². The van der Waals surface area contributed by atoms with Crippen molar-refractivity contribution in [2.45, 2.75) is 353 Å². The molecule has 4 unspecified atom stereocenters. The molecule has 0 rings (SSSR count). The smallest absolute Gasteiger partial charge is 0.249 e. The molecule has 5 N–H and O–H groups in total. The number of rotatable bonds is 56. The second-order valence-electron chi connectivity index (χ2n) is 21.0. The number of hydrogen-bond donors (Lipinski definition) is 5. The first-order chi connectivity index (χ1) is 33.0.